The number of methoxy groups -OCH3 is 1. The van der Waals surface area contributed by atoms with E-state index in [-0.39, 0.29) is 11.3 Å². The summed E-state index contributed by atoms with van der Waals surface area (Å²) in [5.74, 6) is -0.896. The van der Waals surface area contributed by atoms with Crippen LogP contribution in [-0.2, 0) is 15.8 Å². The molecule has 5 nitrogen and oxygen atoms in total. The number of hydrogen-bond donors (Lipinski definition) is 1. The third-order valence-electron chi connectivity index (χ3n) is 3.73. The van der Waals surface area contributed by atoms with Crippen LogP contribution in [0.15, 0.2) is 54.1 Å². The van der Waals surface area contributed by atoms with Crippen molar-refractivity contribution in [2.24, 2.45) is 0 Å². The molecular formula is C18H13F3N2O3. The lowest BCUT2D eigenvalue weighted by Gasteiger charge is -2.16. The maximum atomic E-state index is 12.9. The summed E-state index contributed by atoms with van der Waals surface area (Å²) in [7, 11) is 1.48. The molecule has 134 valence electrons. The summed E-state index contributed by atoms with van der Waals surface area (Å²) in [6.45, 7) is 0. The number of hydrogen-bond acceptors (Lipinski definition) is 3. The molecule has 0 unspecified atom stereocenters. The van der Waals surface area contributed by atoms with Crippen molar-refractivity contribution in [2.75, 3.05) is 12.1 Å². The number of amides is 2. The highest BCUT2D eigenvalue weighted by molar-refractivity contribution is 6.31. The van der Waals surface area contributed by atoms with Crippen LogP contribution < -0.4 is 15.2 Å². The second-order valence-electron chi connectivity index (χ2n) is 5.46. The smallest absolute Gasteiger partial charge is 0.416 e. The van der Waals surface area contributed by atoms with Crippen LogP contribution in [-0.4, -0.2) is 18.9 Å². The Bertz CT molecular complexity index is 907. The molecular weight excluding hydrogens is 349 g/mol. The van der Waals surface area contributed by atoms with Gasteiger partial charge in [-0.15, -0.1) is 0 Å². The first-order valence-corrected chi connectivity index (χ1v) is 7.48. The first-order chi connectivity index (χ1) is 12.3. The molecule has 2 amide bonds. The second kappa shape index (κ2) is 6.55. The van der Waals surface area contributed by atoms with Gasteiger partial charge in [-0.1, -0.05) is 18.2 Å². The van der Waals surface area contributed by atoms with Crippen LogP contribution in [0.25, 0.3) is 6.08 Å². The first-order valence-electron chi connectivity index (χ1n) is 7.48. The Kier molecular flexibility index (Phi) is 4.41. The zero-order valence-corrected chi connectivity index (χ0v) is 13.5. The zero-order valence-electron chi connectivity index (χ0n) is 13.5. The van der Waals surface area contributed by atoms with Gasteiger partial charge in [-0.25, -0.2) is 5.01 Å². The van der Waals surface area contributed by atoms with Gasteiger partial charge >= 0.3 is 6.18 Å². The SMILES string of the molecule is COc1cccc(/C=C2\C(=O)NN(c3cccc(C(F)(F)F)c3)C2=O)c1. The standard InChI is InChI=1S/C18H13F3N2O3/c1-26-14-7-2-4-11(8-14)9-15-16(24)22-23(17(15)25)13-6-3-5-12(10-13)18(19,20)21/h2-10H,1H3,(H,22,24)/b15-9+. The van der Waals surface area contributed by atoms with Gasteiger partial charge in [-0.3, -0.25) is 15.0 Å². The van der Waals surface area contributed by atoms with Crippen LogP contribution >= 0.6 is 0 Å². The Morgan fingerprint density at radius 1 is 1.08 bits per heavy atom. The Balaban J connectivity index is 1.93. The molecule has 1 heterocycles. The van der Waals surface area contributed by atoms with Crippen LogP contribution in [0.2, 0.25) is 0 Å². The lowest BCUT2D eigenvalue weighted by Crippen LogP contribution is -2.35. The van der Waals surface area contributed by atoms with E-state index in [0.717, 1.165) is 17.1 Å². The Morgan fingerprint density at radius 2 is 1.81 bits per heavy atom. The average molecular weight is 362 g/mol. The fourth-order valence-electron chi connectivity index (χ4n) is 2.46. The maximum Gasteiger partial charge on any atom is 0.416 e. The van der Waals surface area contributed by atoms with E-state index in [1.807, 2.05) is 0 Å². The lowest BCUT2D eigenvalue weighted by atomic mass is 10.1. The molecule has 26 heavy (non-hydrogen) atoms. The van der Waals surface area contributed by atoms with Crippen LogP contribution in [0.5, 0.6) is 5.75 Å². The third kappa shape index (κ3) is 3.39. The van der Waals surface area contributed by atoms with Crippen molar-refractivity contribution < 1.29 is 27.5 Å². The predicted molar refractivity (Wildman–Crippen MR) is 88.0 cm³/mol. The van der Waals surface area contributed by atoms with Gasteiger partial charge in [0, 0.05) is 0 Å². The second-order valence-corrected chi connectivity index (χ2v) is 5.46. The van der Waals surface area contributed by atoms with Crippen LogP contribution in [0.3, 0.4) is 0 Å². The molecule has 0 saturated carbocycles. The number of benzene rings is 2. The highest BCUT2D eigenvalue weighted by Gasteiger charge is 2.36. The summed E-state index contributed by atoms with van der Waals surface area (Å²) >= 11 is 0. The number of halogens is 3. The number of ether oxygens (including phenoxy) is 1. The normalized spacial score (nSPS) is 16.2. The van der Waals surface area contributed by atoms with E-state index in [9.17, 15) is 22.8 Å². The number of carbonyl (C=O) groups is 2. The third-order valence-corrected chi connectivity index (χ3v) is 3.73. The van der Waals surface area contributed by atoms with Gasteiger partial charge in [0.1, 0.15) is 11.3 Å². The minimum Gasteiger partial charge on any atom is -0.497 e. The number of rotatable bonds is 3. The van der Waals surface area contributed by atoms with Crippen molar-refractivity contribution in [1.29, 1.82) is 0 Å². The molecule has 0 aromatic heterocycles. The fourth-order valence-corrected chi connectivity index (χ4v) is 2.46. The summed E-state index contributed by atoms with van der Waals surface area (Å²) < 4.78 is 43.6. The zero-order chi connectivity index (χ0) is 18.9. The molecule has 0 radical (unpaired) electrons. The summed E-state index contributed by atoms with van der Waals surface area (Å²) in [5.41, 5.74) is 1.65. The van der Waals surface area contributed by atoms with E-state index in [2.05, 4.69) is 5.43 Å². The van der Waals surface area contributed by atoms with E-state index in [4.69, 9.17) is 4.74 Å². The molecule has 0 bridgehead atoms. The average Bonchev–Trinajstić information content (AvgIpc) is 2.89. The molecule has 1 saturated heterocycles. The van der Waals surface area contributed by atoms with E-state index in [1.165, 1.54) is 25.3 Å². The molecule has 1 fully saturated rings. The van der Waals surface area contributed by atoms with E-state index >= 15 is 0 Å². The highest BCUT2D eigenvalue weighted by atomic mass is 19.4. The summed E-state index contributed by atoms with van der Waals surface area (Å²) in [6, 6.07) is 10.8. The van der Waals surface area contributed by atoms with Crippen molar-refractivity contribution in [3.63, 3.8) is 0 Å². The minimum atomic E-state index is -4.55. The maximum absolute atomic E-state index is 12.9. The van der Waals surface area contributed by atoms with Crippen molar-refractivity contribution in [2.45, 2.75) is 6.18 Å². The quantitative estimate of drug-likeness (QED) is 0.674. The van der Waals surface area contributed by atoms with E-state index in [1.54, 1.807) is 24.3 Å². The van der Waals surface area contributed by atoms with Gasteiger partial charge in [-0.05, 0) is 42.0 Å². The summed E-state index contributed by atoms with van der Waals surface area (Å²) in [5, 5.41) is 0.795. The number of nitrogens with one attached hydrogen (secondary N) is 1. The van der Waals surface area contributed by atoms with Crippen LogP contribution in [0.4, 0.5) is 18.9 Å². The number of anilines is 1. The van der Waals surface area contributed by atoms with E-state index in [0.29, 0.717) is 11.3 Å². The molecule has 0 atom stereocenters. The molecule has 8 heteroatoms. The Hall–Kier alpha value is -3.29. The van der Waals surface area contributed by atoms with Gasteiger partial charge in [0.2, 0.25) is 0 Å². The van der Waals surface area contributed by atoms with Gasteiger partial charge in [0.15, 0.2) is 0 Å². The molecule has 0 aliphatic carbocycles. The fraction of sp³-hybridized carbons (Fsp3) is 0.111. The highest BCUT2D eigenvalue weighted by Crippen LogP contribution is 2.32. The molecule has 2 aromatic rings. The number of alkyl halides is 3. The van der Waals surface area contributed by atoms with E-state index < -0.39 is 23.6 Å². The molecule has 3 rings (SSSR count). The summed E-state index contributed by atoms with van der Waals surface area (Å²) in [6.07, 6.45) is -3.20. The molecule has 2 aromatic carbocycles. The monoisotopic (exact) mass is 362 g/mol. The van der Waals surface area contributed by atoms with Crippen LogP contribution in [0, 0.1) is 0 Å². The first kappa shape index (κ1) is 17.5. The Labute approximate surface area is 146 Å². The molecule has 0 spiro atoms. The minimum absolute atomic E-state index is 0.0767. The van der Waals surface area contributed by atoms with Crippen molar-refractivity contribution in [1.82, 2.24) is 5.43 Å². The van der Waals surface area contributed by atoms with Gasteiger partial charge < -0.3 is 4.74 Å². The molecule has 1 aliphatic rings. The van der Waals surface area contributed by atoms with Crippen molar-refractivity contribution in [3.8, 4) is 5.75 Å². The number of nitrogens with zero attached hydrogens (tertiary/aromatic N) is 1. The predicted octanol–water partition coefficient (Wildman–Crippen LogP) is 3.18. The summed E-state index contributed by atoms with van der Waals surface area (Å²) in [4.78, 5) is 24.6. The topological polar surface area (TPSA) is 58.6 Å². The van der Waals surface area contributed by atoms with Crippen molar-refractivity contribution >= 4 is 23.6 Å². The van der Waals surface area contributed by atoms with Gasteiger partial charge in [0.25, 0.3) is 11.8 Å². The Morgan fingerprint density at radius 3 is 2.50 bits per heavy atom. The molecule has 1 N–H and O–H groups in total. The van der Waals surface area contributed by atoms with Gasteiger partial charge in [-0.2, -0.15) is 13.2 Å². The van der Waals surface area contributed by atoms with Crippen LogP contribution in [0.1, 0.15) is 11.1 Å². The van der Waals surface area contributed by atoms with Crippen molar-refractivity contribution in [3.05, 3.63) is 65.2 Å². The van der Waals surface area contributed by atoms with Gasteiger partial charge in [0.05, 0.1) is 18.4 Å². The number of hydrazine groups is 1. The largest absolute Gasteiger partial charge is 0.497 e. The molecule has 1 aliphatic heterocycles. The lowest BCUT2D eigenvalue weighted by molar-refractivity contribution is -0.137. The number of carbonyl (C=O) groups excluding carboxylic acids is 2.